The molecule has 98 valence electrons. The van der Waals surface area contributed by atoms with Gasteiger partial charge in [0.25, 0.3) is 0 Å². The van der Waals surface area contributed by atoms with Gasteiger partial charge >= 0.3 is 0 Å². The lowest BCUT2D eigenvalue weighted by Gasteiger charge is -2.23. The highest BCUT2D eigenvalue weighted by Gasteiger charge is 2.36. The number of likely N-dealkylation sites (tertiary alicyclic amines) is 1. The van der Waals surface area contributed by atoms with Crippen molar-refractivity contribution in [2.24, 2.45) is 5.92 Å². The number of carbonyl (C=O) groups is 1. The zero-order valence-corrected chi connectivity index (χ0v) is 11.0. The number of amides is 1. The van der Waals surface area contributed by atoms with Crippen molar-refractivity contribution in [1.82, 2.24) is 4.90 Å². The van der Waals surface area contributed by atoms with Crippen molar-refractivity contribution >= 4 is 5.91 Å². The fourth-order valence-electron chi connectivity index (χ4n) is 2.78. The molecular formula is C16H17NO2. The van der Waals surface area contributed by atoms with Gasteiger partial charge in [-0.2, -0.15) is 0 Å². The third-order valence-corrected chi connectivity index (χ3v) is 3.79. The molecule has 1 aliphatic carbocycles. The third kappa shape index (κ3) is 2.28. The minimum Gasteiger partial charge on any atom is -0.501 e. The van der Waals surface area contributed by atoms with Gasteiger partial charge in [-0.15, -0.1) is 0 Å². The molecule has 19 heavy (non-hydrogen) atoms. The molecule has 1 heterocycles. The van der Waals surface area contributed by atoms with E-state index in [2.05, 4.69) is 12.1 Å². The minimum absolute atomic E-state index is 0.214. The molecule has 2 aliphatic rings. The molecule has 1 atom stereocenters. The standard InChI is InChI=1S/C16H17NO2/c1-19-14-7-8-15-13(9-14)10-16(18)17(15)11-12-5-3-2-4-6-12/h2-8,13H,9-11H2,1H3. The average Bonchev–Trinajstić information content (AvgIpc) is 2.75. The quantitative estimate of drug-likeness (QED) is 0.831. The molecule has 0 bridgehead atoms. The number of allylic oxidation sites excluding steroid dienone is 4. The van der Waals surface area contributed by atoms with E-state index in [0.717, 1.165) is 17.9 Å². The zero-order valence-electron chi connectivity index (χ0n) is 11.0. The molecule has 1 aromatic rings. The fourth-order valence-corrected chi connectivity index (χ4v) is 2.78. The van der Waals surface area contributed by atoms with E-state index in [1.165, 1.54) is 5.56 Å². The molecular weight excluding hydrogens is 238 g/mol. The number of nitrogens with zero attached hydrogens (tertiary/aromatic N) is 1. The summed E-state index contributed by atoms with van der Waals surface area (Å²) < 4.78 is 5.27. The second-order valence-electron chi connectivity index (χ2n) is 5.00. The summed E-state index contributed by atoms with van der Waals surface area (Å²) in [6.07, 6.45) is 5.43. The van der Waals surface area contributed by atoms with Gasteiger partial charge in [0.2, 0.25) is 5.91 Å². The summed E-state index contributed by atoms with van der Waals surface area (Å²) in [5, 5.41) is 0. The summed E-state index contributed by atoms with van der Waals surface area (Å²) in [6.45, 7) is 0.665. The molecule has 1 aliphatic heterocycles. The molecule has 1 aromatic carbocycles. The van der Waals surface area contributed by atoms with Gasteiger partial charge < -0.3 is 9.64 Å². The Balaban J connectivity index is 1.83. The molecule has 1 amide bonds. The number of methoxy groups -OCH3 is 1. The van der Waals surface area contributed by atoms with E-state index >= 15 is 0 Å². The Morgan fingerprint density at radius 3 is 2.74 bits per heavy atom. The maximum atomic E-state index is 12.2. The van der Waals surface area contributed by atoms with E-state index < -0.39 is 0 Å². The predicted molar refractivity (Wildman–Crippen MR) is 72.9 cm³/mol. The summed E-state index contributed by atoms with van der Waals surface area (Å²) in [6, 6.07) is 10.1. The van der Waals surface area contributed by atoms with Crippen LogP contribution in [0, 0.1) is 5.92 Å². The molecule has 0 saturated carbocycles. The van der Waals surface area contributed by atoms with Gasteiger partial charge in [-0.1, -0.05) is 30.3 Å². The Hall–Kier alpha value is -2.03. The fraction of sp³-hybridized carbons (Fsp3) is 0.312. The molecule has 3 heteroatoms. The highest BCUT2D eigenvalue weighted by molar-refractivity contribution is 5.82. The minimum atomic E-state index is 0.214. The molecule has 1 saturated heterocycles. The topological polar surface area (TPSA) is 29.5 Å². The van der Waals surface area contributed by atoms with Crippen molar-refractivity contribution in [3.8, 4) is 0 Å². The lowest BCUT2D eigenvalue weighted by molar-refractivity contribution is -0.127. The van der Waals surface area contributed by atoms with Crippen molar-refractivity contribution in [1.29, 1.82) is 0 Å². The largest absolute Gasteiger partial charge is 0.501 e. The lowest BCUT2D eigenvalue weighted by atomic mass is 9.95. The Kier molecular flexibility index (Phi) is 3.11. The van der Waals surface area contributed by atoms with Crippen LogP contribution in [0.3, 0.4) is 0 Å². The number of hydrogen-bond acceptors (Lipinski definition) is 2. The summed E-state index contributed by atoms with van der Waals surface area (Å²) in [7, 11) is 1.68. The van der Waals surface area contributed by atoms with Gasteiger partial charge in [0.1, 0.15) is 0 Å². The van der Waals surface area contributed by atoms with Crippen molar-refractivity contribution in [2.75, 3.05) is 7.11 Å². The molecule has 0 spiro atoms. The Labute approximate surface area is 113 Å². The molecule has 1 unspecified atom stereocenters. The van der Waals surface area contributed by atoms with Crippen LogP contribution in [0.15, 0.2) is 53.9 Å². The van der Waals surface area contributed by atoms with Gasteiger partial charge in [-0.3, -0.25) is 4.79 Å². The van der Waals surface area contributed by atoms with E-state index in [9.17, 15) is 4.79 Å². The maximum Gasteiger partial charge on any atom is 0.227 e. The number of ether oxygens (including phenoxy) is 1. The van der Waals surface area contributed by atoms with Crippen LogP contribution in [0.4, 0.5) is 0 Å². The van der Waals surface area contributed by atoms with E-state index in [4.69, 9.17) is 4.74 Å². The van der Waals surface area contributed by atoms with Crippen molar-refractivity contribution in [2.45, 2.75) is 19.4 Å². The maximum absolute atomic E-state index is 12.2. The number of fused-ring (bicyclic) bond motifs is 1. The average molecular weight is 255 g/mol. The van der Waals surface area contributed by atoms with Crippen molar-refractivity contribution < 1.29 is 9.53 Å². The normalized spacial score (nSPS) is 21.8. The Morgan fingerprint density at radius 1 is 1.21 bits per heavy atom. The van der Waals surface area contributed by atoms with Gasteiger partial charge in [0, 0.05) is 24.5 Å². The SMILES string of the molecule is COC1=CC=C2C(CC(=O)N2Cc2ccccc2)C1. The Bertz CT molecular complexity index is 545. The van der Waals surface area contributed by atoms with Gasteiger partial charge in [0.15, 0.2) is 0 Å². The molecule has 0 N–H and O–H groups in total. The van der Waals surface area contributed by atoms with E-state index in [1.54, 1.807) is 7.11 Å². The molecule has 0 radical (unpaired) electrons. The van der Waals surface area contributed by atoms with Gasteiger partial charge in [-0.25, -0.2) is 0 Å². The summed E-state index contributed by atoms with van der Waals surface area (Å²) in [5.74, 6) is 1.46. The number of hydrogen-bond donors (Lipinski definition) is 0. The van der Waals surface area contributed by atoms with Crippen LogP contribution in [-0.4, -0.2) is 17.9 Å². The smallest absolute Gasteiger partial charge is 0.227 e. The third-order valence-electron chi connectivity index (χ3n) is 3.79. The van der Waals surface area contributed by atoms with Crippen LogP contribution >= 0.6 is 0 Å². The first kappa shape index (κ1) is 12.0. The van der Waals surface area contributed by atoms with E-state index in [-0.39, 0.29) is 11.8 Å². The van der Waals surface area contributed by atoms with Crippen molar-refractivity contribution in [3.05, 3.63) is 59.5 Å². The second kappa shape index (κ2) is 4.92. The van der Waals surface area contributed by atoms with Crippen molar-refractivity contribution in [3.63, 3.8) is 0 Å². The summed E-state index contributed by atoms with van der Waals surface area (Å²) in [5.41, 5.74) is 2.30. The zero-order chi connectivity index (χ0) is 13.2. The summed E-state index contributed by atoms with van der Waals surface area (Å²) in [4.78, 5) is 14.1. The second-order valence-corrected chi connectivity index (χ2v) is 5.00. The molecule has 3 nitrogen and oxygen atoms in total. The van der Waals surface area contributed by atoms with Crippen LogP contribution in [0.1, 0.15) is 18.4 Å². The highest BCUT2D eigenvalue weighted by atomic mass is 16.5. The van der Waals surface area contributed by atoms with Crippen LogP contribution in [0.2, 0.25) is 0 Å². The first-order valence-electron chi connectivity index (χ1n) is 6.57. The van der Waals surface area contributed by atoms with Crippen LogP contribution < -0.4 is 0 Å². The molecule has 1 fully saturated rings. The number of benzene rings is 1. The predicted octanol–water partition coefficient (Wildman–Crippen LogP) is 2.85. The summed E-state index contributed by atoms with van der Waals surface area (Å²) >= 11 is 0. The van der Waals surface area contributed by atoms with E-state index in [0.29, 0.717) is 13.0 Å². The molecule has 3 rings (SSSR count). The van der Waals surface area contributed by atoms with E-state index in [1.807, 2.05) is 35.3 Å². The first-order chi connectivity index (χ1) is 9.28. The first-order valence-corrected chi connectivity index (χ1v) is 6.57. The number of rotatable bonds is 3. The lowest BCUT2D eigenvalue weighted by Crippen LogP contribution is -2.23. The van der Waals surface area contributed by atoms with Crippen LogP contribution in [0.5, 0.6) is 0 Å². The number of carbonyl (C=O) groups excluding carboxylic acids is 1. The van der Waals surface area contributed by atoms with Gasteiger partial charge in [-0.05, 0) is 17.7 Å². The van der Waals surface area contributed by atoms with Crippen LogP contribution in [0.25, 0.3) is 0 Å². The molecule has 0 aromatic heterocycles. The Morgan fingerprint density at radius 2 is 2.00 bits per heavy atom. The highest BCUT2D eigenvalue weighted by Crippen LogP contribution is 2.37. The van der Waals surface area contributed by atoms with Crippen LogP contribution in [-0.2, 0) is 16.1 Å². The van der Waals surface area contributed by atoms with Gasteiger partial charge in [0.05, 0.1) is 19.4 Å². The monoisotopic (exact) mass is 255 g/mol.